The zero-order chi connectivity index (χ0) is 14.7. The van der Waals surface area contributed by atoms with Crippen molar-refractivity contribution >= 4 is 23.1 Å². The first-order valence-electron chi connectivity index (χ1n) is 6.77. The Labute approximate surface area is 132 Å². The van der Waals surface area contributed by atoms with Gasteiger partial charge in [-0.3, -0.25) is 0 Å². The van der Waals surface area contributed by atoms with Gasteiger partial charge < -0.3 is 4.42 Å². The number of benzene rings is 1. The van der Waals surface area contributed by atoms with Gasteiger partial charge >= 0.3 is 0 Å². The number of aromatic nitrogens is 2. The Morgan fingerprint density at radius 1 is 1.19 bits per heavy atom. The smallest absolute Gasteiger partial charge is 0.257 e. The molecule has 0 bridgehead atoms. The highest BCUT2D eigenvalue weighted by Gasteiger charge is 2.16. The third-order valence-electron chi connectivity index (χ3n) is 3.27. The second-order valence-corrected chi connectivity index (χ2v) is 7.08. The summed E-state index contributed by atoms with van der Waals surface area (Å²) in [6.07, 6.45) is 0. The number of thioether (sulfide) groups is 1. The Morgan fingerprint density at radius 3 is 2.81 bits per heavy atom. The van der Waals surface area contributed by atoms with Crippen molar-refractivity contribution in [3.8, 4) is 10.8 Å². The van der Waals surface area contributed by atoms with Crippen LogP contribution in [0.4, 0.5) is 0 Å². The van der Waals surface area contributed by atoms with E-state index in [1.165, 1.54) is 11.1 Å². The van der Waals surface area contributed by atoms with E-state index in [0.717, 1.165) is 10.6 Å². The molecule has 0 aliphatic rings. The van der Waals surface area contributed by atoms with Crippen molar-refractivity contribution in [1.29, 1.82) is 0 Å². The Balaban J connectivity index is 1.66. The maximum absolute atomic E-state index is 5.78. The fourth-order valence-electron chi connectivity index (χ4n) is 1.96. The topological polar surface area (TPSA) is 38.9 Å². The molecule has 0 spiro atoms. The summed E-state index contributed by atoms with van der Waals surface area (Å²) in [6, 6.07) is 12.4. The summed E-state index contributed by atoms with van der Waals surface area (Å²) in [4.78, 5) is 1.02. The molecule has 21 heavy (non-hydrogen) atoms. The van der Waals surface area contributed by atoms with Gasteiger partial charge in [-0.15, -0.1) is 33.3 Å². The van der Waals surface area contributed by atoms with E-state index in [9.17, 15) is 0 Å². The van der Waals surface area contributed by atoms with Gasteiger partial charge in [-0.2, -0.15) is 0 Å². The minimum Gasteiger partial charge on any atom is -0.419 e. The van der Waals surface area contributed by atoms with Crippen molar-refractivity contribution in [1.82, 2.24) is 10.2 Å². The van der Waals surface area contributed by atoms with E-state index < -0.39 is 0 Å². The van der Waals surface area contributed by atoms with Gasteiger partial charge in [0.15, 0.2) is 0 Å². The number of thiophene rings is 1. The molecule has 3 nitrogen and oxygen atoms in total. The molecule has 0 amide bonds. The van der Waals surface area contributed by atoms with E-state index in [0.29, 0.717) is 11.8 Å². The molecule has 1 aromatic carbocycles. The largest absolute Gasteiger partial charge is 0.419 e. The number of hydrogen-bond acceptors (Lipinski definition) is 5. The molecule has 3 rings (SSSR count). The average Bonchev–Trinajstić information content (AvgIpc) is 3.16. The zero-order valence-corrected chi connectivity index (χ0v) is 13.6. The van der Waals surface area contributed by atoms with Crippen LogP contribution in [-0.2, 0) is 5.75 Å². The fraction of sp³-hybridized carbons (Fsp3) is 0.250. The van der Waals surface area contributed by atoms with Crippen molar-refractivity contribution in [2.75, 3.05) is 0 Å². The molecule has 0 radical (unpaired) electrons. The zero-order valence-electron chi connectivity index (χ0n) is 11.9. The number of hydrogen-bond donors (Lipinski definition) is 0. The van der Waals surface area contributed by atoms with Gasteiger partial charge in [0, 0.05) is 5.75 Å². The Bertz CT molecular complexity index is 707. The van der Waals surface area contributed by atoms with Crippen molar-refractivity contribution in [3.05, 3.63) is 58.8 Å². The second-order valence-electron chi connectivity index (χ2n) is 4.80. The standard InChI is InChI=1S/C16H16N2OS2/c1-11-6-3-4-7-13(11)10-21-12(2)15-17-18-16(19-15)14-8-5-9-20-14/h3-9,12H,10H2,1-2H3. The predicted molar refractivity (Wildman–Crippen MR) is 88.5 cm³/mol. The summed E-state index contributed by atoms with van der Waals surface area (Å²) in [7, 11) is 0. The summed E-state index contributed by atoms with van der Waals surface area (Å²) in [6.45, 7) is 4.25. The molecule has 3 aromatic rings. The maximum atomic E-state index is 5.78. The van der Waals surface area contributed by atoms with Crippen molar-refractivity contribution in [3.63, 3.8) is 0 Å². The molecule has 0 saturated carbocycles. The first kappa shape index (κ1) is 14.4. The van der Waals surface area contributed by atoms with Gasteiger partial charge in [-0.25, -0.2) is 0 Å². The van der Waals surface area contributed by atoms with Gasteiger partial charge in [-0.05, 0) is 36.4 Å². The minimum atomic E-state index is 0.186. The fourth-order valence-corrected chi connectivity index (χ4v) is 3.59. The van der Waals surface area contributed by atoms with E-state index in [-0.39, 0.29) is 5.25 Å². The highest BCUT2D eigenvalue weighted by molar-refractivity contribution is 7.98. The van der Waals surface area contributed by atoms with Crippen molar-refractivity contribution in [2.45, 2.75) is 24.9 Å². The maximum Gasteiger partial charge on any atom is 0.257 e. The van der Waals surface area contributed by atoms with Crippen LogP contribution in [0.2, 0.25) is 0 Å². The number of nitrogens with zero attached hydrogens (tertiary/aromatic N) is 2. The van der Waals surface area contributed by atoms with E-state index in [4.69, 9.17) is 4.42 Å². The first-order valence-corrected chi connectivity index (χ1v) is 8.70. The van der Waals surface area contributed by atoms with Crippen LogP contribution in [0.3, 0.4) is 0 Å². The molecule has 1 atom stereocenters. The van der Waals surface area contributed by atoms with Crippen LogP contribution < -0.4 is 0 Å². The molecule has 1 unspecified atom stereocenters. The molecule has 5 heteroatoms. The summed E-state index contributed by atoms with van der Waals surface area (Å²) in [5.74, 6) is 2.25. The van der Waals surface area contributed by atoms with Crippen LogP contribution in [0.15, 0.2) is 46.2 Å². The molecular weight excluding hydrogens is 300 g/mol. The summed E-state index contributed by atoms with van der Waals surface area (Å²) in [5.41, 5.74) is 2.68. The first-order chi connectivity index (χ1) is 10.2. The van der Waals surface area contributed by atoms with Crippen LogP contribution in [0.1, 0.15) is 29.2 Å². The highest BCUT2D eigenvalue weighted by Crippen LogP contribution is 2.33. The molecular formula is C16H16N2OS2. The van der Waals surface area contributed by atoms with Gasteiger partial charge in [0.2, 0.25) is 5.89 Å². The van der Waals surface area contributed by atoms with Crippen molar-refractivity contribution in [2.24, 2.45) is 0 Å². The Morgan fingerprint density at radius 2 is 2.05 bits per heavy atom. The Kier molecular flexibility index (Phi) is 4.41. The SMILES string of the molecule is Cc1ccccc1CSC(C)c1nnc(-c2cccs2)o1. The minimum absolute atomic E-state index is 0.186. The average molecular weight is 316 g/mol. The molecule has 0 N–H and O–H groups in total. The molecule has 0 aliphatic carbocycles. The van der Waals surface area contributed by atoms with Gasteiger partial charge in [0.25, 0.3) is 5.89 Å². The lowest BCUT2D eigenvalue weighted by atomic mass is 10.1. The summed E-state index contributed by atoms with van der Waals surface area (Å²) in [5, 5.41) is 10.5. The third-order valence-corrected chi connectivity index (χ3v) is 5.31. The van der Waals surface area contributed by atoms with E-state index in [1.807, 2.05) is 29.3 Å². The number of rotatable bonds is 5. The van der Waals surface area contributed by atoms with Crippen LogP contribution >= 0.6 is 23.1 Å². The molecule has 0 saturated heterocycles. The summed E-state index contributed by atoms with van der Waals surface area (Å²) >= 11 is 3.42. The lowest BCUT2D eigenvalue weighted by molar-refractivity contribution is 0.510. The monoisotopic (exact) mass is 316 g/mol. The highest BCUT2D eigenvalue weighted by atomic mass is 32.2. The predicted octanol–water partition coefficient (Wildman–Crippen LogP) is 5.10. The van der Waals surface area contributed by atoms with E-state index in [2.05, 4.69) is 48.3 Å². The lowest BCUT2D eigenvalue weighted by Crippen LogP contribution is -1.92. The lowest BCUT2D eigenvalue weighted by Gasteiger charge is -2.08. The van der Waals surface area contributed by atoms with Gasteiger partial charge in [-0.1, -0.05) is 30.3 Å². The van der Waals surface area contributed by atoms with Gasteiger partial charge in [0.05, 0.1) is 10.1 Å². The quantitative estimate of drug-likeness (QED) is 0.656. The van der Waals surface area contributed by atoms with Crippen LogP contribution in [0.5, 0.6) is 0 Å². The molecule has 2 aromatic heterocycles. The number of aryl methyl sites for hydroxylation is 1. The van der Waals surface area contributed by atoms with Gasteiger partial charge in [0.1, 0.15) is 0 Å². The molecule has 0 aliphatic heterocycles. The molecule has 108 valence electrons. The van der Waals surface area contributed by atoms with Crippen LogP contribution in [0, 0.1) is 6.92 Å². The van der Waals surface area contributed by atoms with E-state index >= 15 is 0 Å². The Hall–Kier alpha value is -1.59. The second kappa shape index (κ2) is 6.45. The van der Waals surface area contributed by atoms with E-state index in [1.54, 1.807) is 11.3 Å². The molecule has 0 fully saturated rings. The third kappa shape index (κ3) is 3.36. The summed E-state index contributed by atoms with van der Waals surface area (Å²) < 4.78 is 5.78. The van der Waals surface area contributed by atoms with Crippen LogP contribution in [-0.4, -0.2) is 10.2 Å². The molecule has 2 heterocycles. The van der Waals surface area contributed by atoms with Crippen molar-refractivity contribution < 1.29 is 4.42 Å². The van der Waals surface area contributed by atoms with Crippen LogP contribution in [0.25, 0.3) is 10.8 Å². The normalized spacial score (nSPS) is 12.5.